The maximum Gasteiger partial charge on any atom is 0.295 e. The van der Waals surface area contributed by atoms with Crippen molar-refractivity contribution in [2.75, 3.05) is 0 Å². The molecule has 8 aromatic rings. The third-order valence-electron chi connectivity index (χ3n) is 10.4. The summed E-state index contributed by atoms with van der Waals surface area (Å²) < 4.78 is 106. The van der Waals surface area contributed by atoms with Gasteiger partial charge in [0.25, 0.3) is 10.1 Å². The van der Waals surface area contributed by atoms with Crippen molar-refractivity contribution >= 4 is 52.6 Å². The van der Waals surface area contributed by atoms with Crippen molar-refractivity contribution in [2.45, 2.75) is 49.6 Å². The van der Waals surface area contributed by atoms with Gasteiger partial charge in [-0.15, -0.1) is 4.33 Å². The number of benzene rings is 8. The van der Waals surface area contributed by atoms with Gasteiger partial charge in [0.15, 0.2) is 0 Å². The van der Waals surface area contributed by atoms with E-state index in [-0.39, 0.29) is 36.5 Å². The Hall–Kier alpha value is -6.34. The highest BCUT2D eigenvalue weighted by atomic mass is 32.2. The molecular weight excluding hydrogens is 909 g/mol. The van der Waals surface area contributed by atoms with E-state index < -0.39 is 29.8 Å². The van der Waals surface area contributed by atoms with Crippen molar-refractivity contribution in [1.82, 2.24) is 0 Å². The average Bonchev–Trinajstić information content (AvgIpc) is 3.29. The topological polar surface area (TPSA) is 180 Å². The van der Waals surface area contributed by atoms with Crippen molar-refractivity contribution in [3.63, 3.8) is 0 Å². The minimum Gasteiger partial charge on any atom is -0.457 e. The third-order valence-corrected chi connectivity index (χ3v) is 15.6. The van der Waals surface area contributed by atoms with E-state index in [0.29, 0.717) is 56.6 Å². The summed E-state index contributed by atoms with van der Waals surface area (Å²) in [6.07, 6.45) is 0.225. The van der Waals surface area contributed by atoms with E-state index in [1.54, 1.807) is 103 Å². The normalized spacial score (nSPS) is 12.0. The van der Waals surface area contributed by atoms with Crippen LogP contribution in [0.5, 0.6) is 23.0 Å². The van der Waals surface area contributed by atoms with E-state index in [9.17, 15) is 29.8 Å². The summed E-state index contributed by atoms with van der Waals surface area (Å²) in [7, 11) is -12.3. The lowest BCUT2D eigenvalue weighted by atomic mass is 9.99. The van der Waals surface area contributed by atoms with Gasteiger partial charge >= 0.3 is 0 Å². The molecule has 0 atom stereocenters. The molecule has 0 aliphatic rings. The molecule has 0 aromatic heterocycles. The zero-order chi connectivity index (χ0) is 45.9. The van der Waals surface area contributed by atoms with Crippen molar-refractivity contribution in [3.05, 3.63) is 192 Å². The molecule has 0 bridgehead atoms. The van der Waals surface area contributed by atoms with Gasteiger partial charge in [0.1, 0.15) is 27.9 Å². The van der Waals surface area contributed by atoms with Crippen LogP contribution in [-0.4, -0.2) is 35.1 Å². The standard InChI is InChI=1S/C49H38O12S4/c1-32-7-17-38(18-8-32)63(51,52)40-21-13-36(14-22-40)58-46-27-28-47(43-6-4-3-5-42(43)46)59-37-15-23-41(24-16-37)64(53,54)39-19-10-34(11-20-39)30-35-12-26-45(49(31-35)65(55,56)57)44-25-9-33(2)29-48(44)62-61-60-50/h3-29,31,50H,30H2,1-2H3,(H,55,56,57). The molecule has 8 aromatic carbocycles. The first kappa shape index (κ1) is 45.2. The van der Waals surface area contributed by atoms with Crippen molar-refractivity contribution in [1.29, 1.82) is 0 Å². The second-order valence-corrected chi connectivity index (χ2v) is 21.0. The lowest BCUT2D eigenvalue weighted by molar-refractivity contribution is -0.432. The van der Waals surface area contributed by atoms with Gasteiger partial charge in [0, 0.05) is 21.2 Å². The van der Waals surface area contributed by atoms with Crippen LogP contribution in [0, 0.1) is 13.8 Å². The second kappa shape index (κ2) is 18.6. The summed E-state index contributed by atoms with van der Waals surface area (Å²) in [5, 5.41) is 13.8. The van der Waals surface area contributed by atoms with E-state index in [1.165, 1.54) is 42.5 Å². The highest BCUT2D eigenvalue weighted by molar-refractivity contribution is 7.94. The lowest BCUT2D eigenvalue weighted by Gasteiger charge is -2.14. The molecule has 330 valence electrons. The maximum absolute atomic E-state index is 13.7. The summed E-state index contributed by atoms with van der Waals surface area (Å²) in [5.41, 5.74) is 3.63. The van der Waals surface area contributed by atoms with Gasteiger partial charge in [-0.3, -0.25) is 4.55 Å². The molecule has 16 heteroatoms. The predicted octanol–water partition coefficient (Wildman–Crippen LogP) is 11.6. The quantitative estimate of drug-likeness (QED) is 0.0429. The van der Waals surface area contributed by atoms with E-state index in [1.807, 2.05) is 38.1 Å². The number of aryl methyl sites for hydroxylation is 2. The predicted molar refractivity (Wildman–Crippen MR) is 245 cm³/mol. The fourth-order valence-electron chi connectivity index (χ4n) is 7.15. The highest BCUT2D eigenvalue weighted by Gasteiger charge is 2.22. The van der Waals surface area contributed by atoms with Crippen molar-refractivity contribution in [3.8, 4) is 34.1 Å². The van der Waals surface area contributed by atoms with Crippen molar-refractivity contribution in [2.24, 2.45) is 0 Å². The monoisotopic (exact) mass is 946 g/mol. The zero-order valence-electron chi connectivity index (χ0n) is 34.5. The van der Waals surface area contributed by atoms with Crippen LogP contribution in [0.25, 0.3) is 21.9 Å². The Morgan fingerprint density at radius 2 is 0.938 bits per heavy atom. The summed E-state index contributed by atoms with van der Waals surface area (Å²) in [6.45, 7) is 3.71. The Balaban J connectivity index is 0.955. The molecule has 0 unspecified atom stereocenters. The van der Waals surface area contributed by atoms with E-state index in [2.05, 4.69) is 9.37 Å². The number of hydrogen-bond donors (Lipinski definition) is 2. The summed E-state index contributed by atoms with van der Waals surface area (Å²) in [6, 6.07) is 45.8. The minimum absolute atomic E-state index is 0.0434. The average molecular weight is 947 g/mol. The Labute approximate surface area is 380 Å². The van der Waals surface area contributed by atoms with E-state index in [0.717, 1.165) is 21.9 Å². The summed E-state index contributed by atoms with van der Waals surface area (Å²) in [4.78, 5) is 0.532. The molecular formula is C49H38O12S4. The van der Waals surface area contributed by atoms with Gasteiger partial charge in [-0.05, 0) is 140 Å². The fourth-order valence-corrected chi connectivity index (χ4v) is 11.0. The number of hydrogen-bond acceptors (Lipinski definition) is 12. The van der Waals surface area contributed by atoms with Crippen LogP contribution in [0.4, 0.5) is 0 Å². The van der Waals surface area contributed by atoms with Gasteiger partial charge in [-0.1, -0.05) is 83.4 Å². The SMILES string of the molecule is Cc1ccc(S(=O)(=O)c2ccc(Oc3ccc(Oc4ccc(S(=O)(=O)c5ccc(Cc6ccc(-c7ccc(C)cc7SOOO)c(S(=O)(=O)O)c6)cc5)cc4)c4ccccc34)cc2)cc1. The summed E-state index contributed by atoms with van der Waals surface area (Å²) in [5.74, 6) is 1.85. The molecule has 0 saturated carbocycles. The Kier molecular flexibility index (Phi) is 13.0. The molecule has 0 radical (unpaired) electrons. The molecule has 0 fully saturated rings. The number of ether oxygens (including phenoxy) is 2. The highest BCUT2D eigenvalue weighted by Crippen LogP contribution is 2.40. The van der Waals surface area contributed by atoms with Crippen LogP contribution >= 0.6 is 12.0 Å². The second-order valence-electron chi connectivity index (χ2n) is 14.9. The van der Waals surface area contributed by atoms with Crippen LogP contribution in [0.1, 0.15) is 22.3 Å². The molecule has 0 aliphatic heterocycles. The first-order chi connectivity index (χ1) is 31.1. The molecule has 12 nitrogen and oxygen atoms in total. The third kappa shape index (κ3) is 10.00. The molecule has 0 aliphatic carbocycles. The fraction of sp³-hybridized carbons (Fsp3) is 0.0612. The minimum atomic E-state index is -4.69. The smallest absolute Gasteiger partial charge is 0.295 e. The number of fused-ring (bicyclic) bond motifs is 1. The first-order valence-electron chi connectivity index (χ1n) is 19.7. The largest absolute Gasteiger partial charge is 0.457 e. The molecule has 0 saturated heterocycles. The molecule has 2 N–H and O–H groups in total. The Morgan fingerprint density at radius 1 is 0.492 bits per heavy atom. The van der Waals surface area contributed by atoms with Crippen LogP contribution in [0.2, 0.25) is 0 Å². The van der Waals surface area contributed by atoms with Gasteiger partial charge < -0.3 is 9.47 Å². The number of sulfone groups is 2. The molecule has 65 heavy (non-hydrogen) atoms. The molecule has 8 rings (SSSR count). The van der Waals surface area contributed by atoms with Crippen LogP contribution < -0.4 is 9.47 Å². The van der Waals surface area contributed by atoms with Crippen molar-refractivity contribution < 1.29 is 53.9 Å². The molecule has 0 amide bonds. The van der Waals surface area contributed by atoms with Gasteiger partial charge in [-0.25, -0.2) is 22.1 Å². The van der Waals surface area contributed by atoms with Gasteiger partial charge in [0.05, 0.1) is 31.6 Å². The lowest BCUT2D eigenvalue weighted by Crippen LogP contribution is -2.04. The Bertz CT molecular complexity index is 3380. The zero-order valence-corrected chi connectivity index (χ0v) is 37.7. The molecule has 0 spiro atoms. The van der Waals surface area contributed by atoms with E-state index in [4.69, 9.17) is 14.7 Å². The van der Waals surface area contributed by atoms with E-state index >= 15 is 0 Å². The molecule has 0 heterocycles. The van der Waals surface area contributed by atoms with Gasteiger partial charge in [-0.2, -0.15) is 8.42 Å². The van der Waals surface area contributed by atoms with Crippen LogP contribution in [0.3, 0.4) is 0 Å². The number of rotatable bonds is 15. The Morgan fingerprint density at radius 3 is 1.43 bits per heavy atom. The van der Waals surface area contributed by atoms with Gasteiger partial charge in [0.2, 0.25) is 19.7 Å². The van der Waals surface area contributed by atoms with Crippen LogP contribution in [0.15, 0.2) is 199 Å². The maximum atomic E-state index is 13.7. The van der Waals surface area contributed by atoms with Crippen LogP contribution in [-0.2, 0) is 45.6 Å². The first-order valence-corrected chi connectivity index (χ1v) is 24.8. The summed E-state index contributed by atoms with van der Waals surface area (Å²) >= 11 is 0.666.